The Morgan fingerprint density at radius 2 is 2.24 bits per heavy atom. The van der Waals surface area contributed by atoms with E-state index in [2.05, 4.69) is 17.6 Å². The molecule has 4 heteroatoms. The molecule has 3 unspecified atom stereocenters. The lowest BCUT2D eigenvalue weighted by Crippen LogP contribution is -2.15. The van der Waals surface area contributed by atoms with Gasteiger partial charge >= 0.3 is 0 Å². The SMILES string of the molecule is COc1ccc2c(c1)nc(C(C)Cl)n2CC1CCCC1C. The van der Waals surface area contributed by atoms with E-state index in [0.717, 1.165) is 41.0 Å². The third-order valence-corrected chi connectivity index (χ3v) is 4.99. The zero-order valence-electron chi connectivity index (χ0n) is 13.0. The van der Waals surface area contributed by atoms with Crippen LogP contribution in [0.4, 0.5) is 0 Å². The summed E-state index contributed by atoms with van der Waals surface area (Å²) in [6.45, 7) is 5.38. The second kappa shape index (κ2) is 5.88. The van der Waals surface area contributed by atoms with Gasteiger partial charge in [-0.05, 0) is 37.3 Å². The molecule has 1 aromatic heterocycles. The van der Waals surface area contributed by atoms with Crippen LogP contribution in [-0.4, -0.2) is 16.7 Å². The standard InChI is InChI=1S/C17H23ClN2O/c1-11-5-4-6-13(11)10-20-16-8-7-14(21-3)9-15(16)19-17(20)12(2)18/h7-9,11-13H,4-6,10H2,1-3H3. The molecule has 114 valence electrons. The maximum atomic E-state index is 6.36. The van der Waals surface area contributed by atoms with Crippen molar-refractivity contribution in [1.82, 2.24) is 9.55 Å². The minimum Gasteiger partial charge on any atom is -0.497 e. The maximum absolute atomic E-state index is 6.36. The minimum absolute atomic E-state index is 0.0832. The molecule has 1 heterocycles. The van der Waals surface area contributed by atoms with Crippen molar-refractivity contribution in [3.05, 3.63) is 24.0 Å². The normalized spacial score (nSPS) is 23.6. The summed E-state index contributed by atoms with van der Waals surface area (Å²) < 4.78 is 7.62. The molecule has 2 aromatic rings. The number of methoxy groups -OCH3 is 1. The van der Waals surface area contributed by atoms with Gasteiger partial charge in [0.25, 0.3) is 0 Å². The molecule has 1 saturated carbocycles. The van der Waals surface area contributed by atoms with Crippen molar-refractivity contribution in [2.75, 3.05) is 7.11 Å². The largest absolute Gasteiger partial charge is 0.497 e. The Morgan fingerprint density at radius 1 is 1.43 bits per heavy atom. The number of imidazole rings is 1. The number of alkyl halides is 1. The van der Waals surface area contributed by atoms with Crippen molar-refractivity contribution in [2.45, 2.75) is 45.0 Å². The fraction of sp³-hybridized carbons (Fsp3) is 0.588. The van der Waals surface area contributed by atoms with Crippen LogP contribution in [0.15, 0.2) is 18.2 Å². The van der Waals surface area contributed by atoms with Gasteiger partial charge in [-0.3, -0.25) is 0 Å². The molecule has 21 heavy (non-hydrogen) atoms. The summed E-state index contributed by atoms with van der Waals surface area (Å²) in [6.07, 6.45) is 4.00. The summed E-state index contributed by atoms with van der Waals surface area (Å²) in [5.74, 6) is 3.34. The number of halogens is 1. The van der Waals surface area contributed by atoms with E-state index in [1.807, 2.05) is 19.1 Å². The zero-order chi connectivity index (χ0) is 15.0. The molecule has 3 rings (SSSR count). The zero-order valence-corrected chi connectivity index (χ0v) is 13.7. The van der Waals surface area contributed by atoms with Gasteiger partial charge in [0.15, 0.2) is 0 Å². The second-order valence-electron chi connectivity index (χ2n) is 6.22. The topological polar surface area (TPSA) is 27.1 Å². The highest BCUT2D eigenvalue weighted by Crippen LogP contribution is 2.35. The van der Waals surface area contributed by atoms with Gasteiger partial charge in [-0.25, -0.2) is 4.98 Å². The Balaban J connectivity index is 2.03. The highest BCUT2D eigenvalue weighted by atomic mass is 35.5. The summed E-state index contributed by atoms with van der Waals surface area (Å²) in [4.78, 5) is 4.74. The number of ether oxygens (including phenoxy) is 1. The molecule has 1 aliphatic rings. The van der Waals surface area contributed by atoms with Crippen LogP contribution in [0.5, 0.6) is 5.75 Å². The summed E-state index contributed by atoms with van der Waals surface area (Å²) in [6, 6.07) is 6.09. The van der Waals surface area contributed by atoms with E-state index in [4.69, 9.17) is 21.3 Å². The van der Waals surface area contributed by atoms with Gasteiger partial charge in [0.1, 0.15) is 11.6 Å². The molecular formula is C17H23ClN2O. The molecule has 1 aliphatic carbocycles. The summed E-state index contributed by atoms with van der Waals surface area (Å²) in [5, 5.41) is -0.0832. The highest BCUT2D eigenvalue weighted by molar-refractivity contribution is 6.20. The van der Waals surface area contributed by atoms with Gasteiger partial charge in [0.2, 0.25) is 0 Å². The van der Waals surface area contributed by atoms with Gasteiger partial charge in [0.05, 0.1) is 23.5 Å². The Hall–Kier alpha value is -1.22. The second-order valence-corrected chi connectivity index (χ2v) is 6.87. The smallest absolute Gasteiger partial charge is 0.127 e. The van der Waals surface area contributed by atoms with Crippen LogP contribution in [0, 0.1) is 11.8 Å². The fourth-order valence-electron chi connectivity index (χ4n) is 3.48. The van der Waals surface area contributed by atoms with E-state index in [0.29, 0.717) is 0 Å². The molecule has 3 atom stereocenters. The van der Waals surface area contributed by atoms with Gasteiger partial charge in [-0.1, -0.05) is 19.8 Å². The van der Waals surface area contributed by atoms with E-state index in [9.17, 15) is 0 Å². The van der Waals surface area contributed by atoms with Crippen LogP contribution < -0.4 is 4.74 Å². The van der Waals surface area contributed by atoms with Gasteiger partial charge in [-0.15, -0.1) is 11.6 Å². The van der Waals surface area contributed by atoms with Crippen molar-refractivity contribution in [1.29, 1.82) is 0 Å². The van der Waals surface area contributed by atoms with E-state index < -0.39 is 0 Å². The number of rotatable bonds is 4. The molecular weight excluding hydrogens is 284 g/mol. The average Bonchev–Trinajstić information content (AvgIpc) is 3.03. The Labute approximate surface area is 131 Å². The molecule has 0 aliphatic heterocycles. The van der Waals surface area contributed by atoms with Crippen LogP contribution in [0.3, 0.4) is 0 Å². The number of hydrogen-bond donors (Lipinski definition) is 0. The summed E-state index contributed by atoms with van der Waals surface area (Å²) in [7, 11) is 1.68. The predicted molar refractivity (Wildman–Crippen MR) is 87.1 cm³/mol. The Morgan fingerprint density at radius 3 is 2.86 bits per heavy atom. The first-order valence-electron chi connectivity index (χ1n) is 7.78. The number of hydrogen-bond acceptors (Lipinski definition) is 2. The fourth-order valence-corrected chi connectivity index (χ4v) is 3.65. The van der Waals surface area contributed by atoms with Crippen LogP contribution in [0.2, 0.25) is 0 Å². The van der Waals surface area contributed by atoms with Gasteiger partial charge < -0.3 is 9.30 Å². The van der Waals surface area contributed by atoms with Gasteiger partial charge in [-0.2, -0.15) is 0 Å². The maximum Gasteiger partial charge on any atom is 0.127 e. The lowest BCUT2D eigenvalue weighted by atomic mass is 9.98. The monoisotopic (exact) mass is 306 g/mol. The number of fused-ring (bicyclic) bond motifs is 1. The van der Waals surface area contributed by atoms with Crippen molar-refractivity contribution in [2.24, 2.45) is 11.8 Å². The first kappa shape index (κ1) is 14.7. The Bertz CT molecular complexity index is 635. The Kier molecular flexibility index (Phi) is 4.12. The molecule has 0 bridgehead atoms. The van der Waals surface area contributed by atoms with Crippen LogP contribution in [0.1, 0.15) is 44.3 Å². The van der Waals surface area contributed by atoms with E-state index in [1.165, 1.54) is 19.3 Å². The predicted octanol–water partition coefficient (Wildman–Crippen LogP) is 4.78. The van der Waals surface area contributed by atoms with Crippen molar-refractivity contribution in [3.8, 4) is 5.75 Å². The average molecular weight is 307 g/mol. The lowest BCUT2D eigenvalue weighted by molar-refractivity contribution is 0.363. The molecule has 1 aromatic carbocycles. The van der Waals surface area contributed by atoms with E-state index >= 15 is 0 Å². The molecule has 0 saturated heterocycles. The van der Waals surface area contributed by atoms with Crippen molar-refractivity contribution in [3.63, 3.8) is 0 Å². The molecule has 0 amide bonds. The van der Waals surface area contributed by atoms with Gasteiger partial charge in [0, 0.05) is 12.6 Å². The third-order valence-electron chi connectivity index (χ3n) is 4.80. The lowest BCUT2D eigenvalue weighted by Gasteiger charge is -2.19. The van der Waals surface area contributed by atoms with E-state index in [-0.39, 0.29) is 5.38 Å². The van der Waals surface area contributed by atoms with Crippen molar-refractivity contribution >= 4 is 22.6 Å². The molecule has 1 fully saturated rings. The quantitative estimate of drug-likeness (QED) is 0.760. The van der Waals surface area contributed by atoms with Crippen LogP contribution in [0.25, 0.3) is 11.0 Å². The number of benzene rings is 1. The van der Waals surface area contributed by atoms with Crippen molar-refractivity contribution < 1.29 is 4.74 Å². The van der Waals surface area contributed by atoms with Crippen LogP contribution in [-0.2, 0) is 6.54 Å². The summed E-state index contributed by atoms with van der Waals surface area (Å²) in [5.41, 5.74) is 2.14. The molecule has 0 N–H and O–H groups in total. The first-order chi connectivity index (χ1) is 10.1. The minimum atomic E-state index is -0.0832. The number of aromatic nitrogens is 2. The first-order valence-corrected chi connectivity index (χ1v) is 8.22. The van der Waals surface area contributed by atoms with E-state index in [1.54, 1.807) is 7.11 Å². The number of nitrogens with zero attached hydrogens (tertiary/aromatic N) is 2. The highest BCUT2D eigenvalue weighted by Gasteiger charge is 2.26. The van der Waals surface area contributed by atoms with Crippen LogP contribution >= 0.6 is 11.6 Å². The molecule has 0 radical (unpaired) electrons. The third kappa shape index (κ3) is 2.76. The summed E-state index contributed by atoms with van der Waals surface area (Å²) >= 11 is 6.36. The molecule has 3 nitrogen and oxygen atoms in total. The molecule has 0 spiro atoms.